The van der Waals surface area contributed by atoms with Crippen LogP contribution in [0.4, 0.5) is 4.79 Å². The van der Waals surface area contributed by atoms with Gasteiger partial charge in [0.2, 0.25) is 0 Å². The molecule has 5 nitrogen and oxygen atoms in total. The van der Waals surface area contributed by atoms with E-state index < -0.39 is 17.1 Å². The summed E-state index contributed by atoms with van der Waals surface area (Å²) in [5.41, 5.74) is 0. The van der Waals surface area contributed by atoms with Gasteiger partial charge in [-0.15, -0.1) is 11.3 Å². The van der Waals surface area contributed by atoms with Crippen molar-refractivity contribution in [1.82, 2.24) is 4.90 Å². The molecule has 0 bridgehead atoms. The molecular weight excluding hydrogens is 322 g/mol. The van der Waals surface area contributed by atoms with Crippen molar-refractivity contribution in [3.05, 3.63) is 26.8 Å². The van der Waals surface area contributed by atoms with Crippen molar-refractivity contribution >= 4 is 46.3 Å². The maximum atomic E-state index is 12.2. The number of hydrogen-bond acceptors (Lipinski definition) is 6. The highest BCUT2D eigenvalue weighted by atomic mass is 32.2. The summed E-state index contributed by atoms with van der Waals surface area (Å²) in [5, 5.41) is -0.433. The second-order valence-electron chi connectivity index (χ2n) is 4.79. The highest BCUT2D eigenvalue weighted by Gasteiger charge is 2.36. The number of nitrogens with zero attached hydrogens (tertiary/aromatic N) is 1. The van der Waals surface area contributed by atoms with Gasteiger partial charge in [0.05, 0.1) is 11.5 Å². The van der Waals surface area contributed by atoms with Crippen molar-refractivity contribution in [2.75, 3.05) is 13.2 Å². The van der Waals surface area contributed by atoms with Gasteiger partial charge in [0.1, 0.15) is 6.54 Å². The molecule has 118 valence electrons. The van der Waals surface area contributed by atoms with E-state index in [0.29, 0.717) is 11.5 Å². The fraction of sp³-hybridized carbons (Fsp3) is 0.400. The first-order chi connectivity index (χ1) is 10.5. The van der Waals surface area contributed by atoms with Crippen LogP contribution in [-0.2, 0) is 14.3 Å². The molecule has 1 saturated heterocycles. The van der Waals surface area contributed by atoms with Gasteiger partial charge in [0, 0.05) is 9.75 Å². The van der Waals surface area contributed by atoms with Crippen LogP contribution in [0, 0.1) is 6.92 Å². The van der Waals surface area contributed by atoms with Gasteiger partial charge in [-0.25, -0.2) is 0 Å². The van der Waals surface area contributed by atoms with Crippen LogP contribution in [0.3, 0.4) is 0 Å². The summed E-state index contributed by atoms with van der Waals surface area (Å²) in [6, 6.07) is 3.85. The predicted molar refractivity (Wildman–Crippen MR) is 87.6 cm³/mol. The zero-order valence-corrected chi connectivity index (χ0v) is 14.1. The quantitative estimate of drug-likeness (QED) is 0.451. The van der Waals surface area contributed by atoms with E-state index in [1.54, 1.807) is 17.4 Å². The average Bonchev–Trinajstić information content (AvgIpc) is 2.98. The lowest BCUT2D eigenvalue weighted by Gasteiger charge is -2.11. The van der Waals surface area contributed by atoms with Gasteiger partial charge >= 0.3 is 5.97 Å². The van der Waals surface area contributed by atoms with Crippen LogP contribution >= 0.6 is 23.1 Å². The topological polar surface area (TPSA) is 63.7 Å². The molecular formula is C15H17NO4S2. The molecule has 0 aliphatic carbocycles. The minimum Gasteiger partial charge on any atom is -0.464 e. The smallest absolute Gasteiger partial charge is 0.326 e. The zero-order valence-electron chi connectivity index (χ0n) is 12.5. The van der Waals surface area contributed by atoms with Crippen LogP contribution in [-0.4, -0.2) is 35.2 Å². The van der Waals surface area contributed by atoms with Gasteiger partial charge in [0.15, 0.2) is 0 Å². The van der Waals surface area contributed by atoms with Gasteiger partial charge in [-0.05, 0) is 43.3 Å². The van der Waals surface area contributed by atoms with Crippen molar-refractivity contribution in [3.63, 3.8) is 0 Å². The molecule has 7 heteroatoms. The monoisotopic (exact) mass is 339 g/mol. The van der Waals surface area contributed by atoms with E-state index in [4.69, 9.17) is 4.74 Å². The van der Waals surface area contributed by atoms with Gasteiger partial charge in [-0.3, -0.25) is 19.3 Å². The lowest BCUT2D eigenvalue weighted by molar-refractivity contribution is -0.146. The predicted octanol–water partition coefficient (Wildman–Crippen LogP) is 3.44. The standard InChI is InChI=1S/C15H17NO4S2/c1-3-4-7-20-13(17)9-16-14(18)12(22-15(16)19)8-11-6-5-10(2)21-11/h5-6,8H,3-4,7,9H2,1-2H3/b12-8+. The first kappa shape index (κ1) is 16.8. The second-order valence-corrected chi connectivity index (χ2v) is 7.10. The summed E-state index contributed by atoms with van der Waals surface area (Å²) in [5.74, 6) is -0.988. The third-order valence-corrected chi connectivity index (χ3v) is 4.81. The Morgan fingerprint density at radius 1 is 1.36 bits per heavy atom. The van der Waals surface area contributed by atoms with Gasteiger partial charge in [-0.2, -0.15) is 0 Å². The maximum Gasteiger partial charge on any atom is 0.326 e. The second kappa shape index (κ2) is 7.60. The number of rotatable bonds is 6. The van der Waals surface area contributed by atoms with E-state index >= 15 is 0 Å². The van der Waals surface area contributed by atoms with E-state index in [-0.39, 0.29) is 6.54 Å². The number of aryl methyl sites for hydroxylation is 1. The van der Waals surface area contributed by atoms with Crippen molar-refractivity contribution in [1.29, 1.82) is 0 Å². The maximum absolute atomic E-state index is 12.2. The molecule has 0 atom stereocenters. The molecule has 2 heterocycles. The number of thioether (sulfide) groups is 1. The van der Waals surface area contributed by atoms with Crippen LogP contribution in [0.25, 0.3) is 6.08 Å². The highest BCUT2D eigenvalue weighted by molar-refractivity contribution is 8.18. The highest BCUT2D eigenvalue weighted by Crippen LogP contribution is 2.33. The number of unbranched alkanes of at least 4 members (excludes halogenated alkanes) is 1. The molecule has 0 saturated carbocycles. The number of thiophene rings is 1. The summed E-state index contributed by atoms with van der Waals surface area (Å²) < 4.78 is 4.99. The Hall–Kier alpha value is -1.60. The molecule has 0 aromatic carbocycles. The lowest BCUT2D eigenvalue weighted by Crippen LogP contribution is -2.34. The minimum atomic E-state index is -0.552. The van der Waals surface area contributed by atoms with Crippen LogP contribution in [0.1, 0.15) is 29.5 Å². The number of carbonyl (C=O) groups is 3. The van der Waals surface area contributed by atoms with Crippen LogP contribution < -0.4 is 0 Å². The van der Waals surface area contributed by atoms with Crippen LogP contribution in [0.2, 0.25) is 0 Å². The fourth-order valence-corrected chi connectivity index (χ4v) is 3.53. The third kappa shape index (κ3) is 4.20. The Morgan fingerprint density at radius 2 is 2.14 bits per heavy atom. The van der Waals surface area contributed by atoms with E-state index in [0.717, 1.165) is 39.3 Å². The minimum absolute atomic E-state index is 0.315. The molecule has 0 spiro atoms. The van der Waals surface area contributed by atoms with E-state index in [9.17, 15) is 14.4 Å². The summed E-state index contributed by atoms with van der Waals surface area (Å²) in [6.07, 6.45) is 3.37. The average molecular weight is 339 g/mol. The third-order valence-electron chi connectivity index (χ3n) is 2.96. The molecule has 0 radical (unpaired) electrons. The first-order valence-corrected chi connectivity index (χ1v) is 8.62. The normalized spacial score (nSPS) is 16.6. The van der Waals surface area contributed by atoms with E-state index in [1.165, 1.54) is 0 Å². The van der Waals surface area contributed by atoms with Crippen molar-refractivity contribution < 1.29 is 19.1 Å². The number of imide groups is 1. The number of hydrogen-bond donors (Lipinski definition) is 0. The molecule has 1 aliphatic heterocycles. The molecule has 1 aliphatic rings. The summed E-state index contributed by atoms with van der Waals surface area (Å²) >= 11 is 2.40. The molecule has 1 aromatic heterocycles. The Labute approximate surface area is 137 Å². The molecule has 1 aromatic rings. The van der Waals surface area contributed by atoms with Crippen LogP contribution in [0.5, 0.6) is 0 Å². The van der Waals surface area contributed by atoms with Gasteiger partial charge < -0.3 is 4.74 Å². The molecule has 0 N–H and O–H groups in total. The van der Waals surface area contributed by atoms with E-state index in [2.05, 4.69) is 0 Å². The summed E-state index contributed by atoms with van der Waals surface area (Å²) in [4.78, 5) is 39.0. The number of esters is 1. The Bertz CT molecular complexity index is 621. The molecule has 2 rings (SSSR count). The van der Waals surface area contributed by atoms with Crippen molar-refractivity contribution in [2.45, 2.75) is 26.7 Å². The van der Waals surface area contributed by atoms with Gasteiger partial charge in [-0.1, -0.05) is 13.3 Å². The Kier molecular flexibility index (Phi) is 5.79. The molecule has 0 unspecified atom stereocenters. The molecule has 2 amide bonds. The Balaban J connectivity index is 1.99. The fourth-order valence-electron chi connectivity index (χ4n) is 1.80. The van der Waals surface area contributed by atoms with Gasteiger partial charge in [0.25, 0.3) is 11.1 Å². The van der Waals surface area contributed by atoms with E-state index in [1.807, 2.05) is 26.0 Å². The van der Waals surface area contributed by atoms with Crippen molar-refractivity contribution in [3.8, 4) is 0 Å². The van der Waals surface area contributed by atoms with Crippen LogP contribution in [0.15, 0.2) is 17.0 Å². The summed E-state index contributed by atoms with van der Waals surface area (Å²) in [6.45, 7) is 3.95. The number of ether oxygens (including phenoxy) is 1. The zero-order chi connectivity index (χ0) is 16.1. The Morgan fingerprint density at radius 3 is 2.77 bits per heavy atom. The largest absolute Gasteiger partial charge is 0.464 e. The molecule has 1 fully saturated rings. The number of amides is 2. The first-order valence-electron chi connectivity index (χ1n) is 6.98. The SMILES string of the molecule is CCCCOC(=O)CN1C(=O)S/C(=C/c2ccc(C)s2)C1=O. The lowest BCUT2D eigenvalue weighted by atomic mass is 10.3. The van der Waals surface area contributed by atoms with Crippen molar-refractivity contribution in [2.24, 2.45) is 0 Å². The number of carbonyl (C=O) groups excluding carboxylic acids is 3. The molecule has 22 heavy (non-hydrogen) atoms. The summed E-state index contributed by atoms with van der Waals surface area (Å²) in [7, 11) is 0.